The summed E-state index contributed by atoms with van der Waals surface area (Å²) in [6, 6.07) is 9.65. The molecule has 7 nitrogen and oxygen atoms in total. The summed E-state index contributed by atoms with van der Waals surface area (Å²) in [5.74, 6) is 0.385. The number of aromatic amines is 1. The molecule has 0 unspecified atom stereocenters. The van der Waals surface area contributed by atoms with Crippen molar-refractivity contribution in [1.29, 1.82) is 0 Å². The van der Waals surface area contributed by atoms with E-state index >= 15 is 0 Å². The number of amides is 1. The van der Waals surface area contributed by atoms with Crippen LogP contribution in [-0.4, -0.2) is 56.4 Å². The normalized spacial score (nSPS) is 19.0. The van der Waals surface area contributed by atoms with Crippen LogP contribution in [-0.2, 0) is 11.3 Å². The number of fused-ring (bicyclic) bond motifs is 1. The molecule has 168 valence electrons. The van der Waals surface area contributed by atoms with E-state index in [1.807, 2.05) is 46.1 Å². The van der Waals surface area contributed by atoms with Crippen molar-refractivity contribution in [3.8, 4) is 0 Å². The molecule has 0 bridgehead atoms. The summed E-state index contributed by atoms with van der Waals surface area (Å²) in [7, 11) is 0. The van der Waals surface area contributed by atoms with Gasteiger partial charge in [-0.05, 0) is 74.7 Å². The fraction of sp³-hybridized carbons (Fsp3) is 0.458. The highest BCUT2D eigenvalue weighted by atomic mass is 35.5. The predicted molar refractivity (Wildman–Crippen MR) is 125 cm³/mol. The van der Waals surface area contributed by atoms with Crippen molar-refractivity contribution in [2.45, 2.75) is 38.3 Å². The van der Waals surface area contributed by atoms with Gasteiger partial charge in [-0.2, -0.15) is 0 Å². The van der Waals surface area contributed by atoms with Crippen LogP contribution in [0.2, 0.25) is 5.02 Å². The fourth-order valence-electron chi connectivity index (χ4n) is 5.14. The van der Waals surface area contributed by atoms with E-state index in [1.54, 1.807) is 6.07 Å². The lowest BCUT2D eigenvalue weighted by Gasteiger charge is -2.37. The minimum atomic E-state index is -0.103. The highest BCUT2D eigenvalue weighted by molar-refractivity contribution is 6.31. The maximum absolute atomic E-state index is 13.1. The molecule has 3 aromatic rings. The summed E-state index contributed by atoms with van der Waals surface area (Å²) in [5.41, 5.74) is 2.81. The first kappa shape index (κ1) is 21.2. The first-order valence-corrected chi connectivity index (χ1v) is 11.8. The molecule has 8 heteroatoms. The number of carbonyl (C=O) groups excluding carboxylic acids is 1. The minimum absolute atomic E-state index is 0.0842. The number of hydrogen-bond acceptors (Lipinski definition) is 4. The number of hydrogen-bond donors (Lipinski definition) is 1. The standard InChI is InChI=1S/C24H28ClN5O2/c25-19-1-2-21-22(15-19)30(24(32)27-21)20-7-13-29(14-8-20)23(31)18-5-11-28(12-6-18)16-17-3-9-26-10-4-17/h1-4,9-10,15,18,20H,5-8,11-14,16H2,(H,27,32). The SMILES string of the molecule is O=C(C1CCN(Cc2ccncc2)CC1)N1CCC(n2c(=O)[nH]c3ccc(Cl)cc32)CC1. The number of halogens is 1. The lowest BCUT2D eigenvalue weighted by atomic mass is 9.93. The summed E-state index contributed by atoms with van der Waals surface area (Å²) in [5, 5.41) is 0.619. The third-order valence-electron chi connectivity index (χ3n) is 6.91. The average molecular weight is 454 g/mol. The number of carbonyl (C=O) groups is 1. The van der Waals surface area contributed by atoms with Gasteiger partial charge in [-0.25, -0.2) is 4.79 Å². The monoisotopic (exact) mass is 453 g/mol. The number of nitrogens with zero attached hydrogens (tertiary/aromatic N) is 4. The first-order valence-electron chi connectivity index (χ1n) is 11.4. The van der Waals surface area contributed by atoms with Crippen LogP contribution in [0, 0.1) is 5.92 Å². The van der Waals surface area contributed by atoms with Crippen LogP contribution < -0.4 is 5.69 Å². The molecule has 2 aliphatic rings. The van der Waals surface area contributed by atoms with Gasteiger partial charge in [0, 0.05) is 49.0 Å². The first-order chi connectivity index (χ1) is 15.6. The van der Waals surface area contributed by atoms with E-state index in [-0.39, 0.29) is 23.6 Å². The molecule has 2 aromatic heterocycles. The molecule has 0 spiro atoms. The van der Waals surface area contributed by atoms with Crippen LogP contribution in [0.3, 0.4) is 0 Å². The van der Waals surface area contributed by atoms with Crippen molar-refractivity contribution < 1.29 is 4.79 Å². The fourth-order valence-corrected chi connectivity index (χ4v) is 5.31. The number of H-pyrrole nitrogens is 1. The van der Waals surface area contributed by atoms with Gasteiger partial charge in [0.1, 0.15) is 0 Å². The zero-order valence-electron chi connectivity index (χ0n) is 18.0. The van der Waals surface area contributed by atoms with E-state index in [0.29, 0.717) is 18.1 Å². The third kappa shape index (κ3) is 4.32. The Hall–Kier alpha value is -2.64. The van der Waals surface area contributed by atoms with Crippen LogP contribution in [0.5, 0.6) is 0 Å². The Kier molecular flexibility index (Phi) is 6.02. The van der Waals surface area contributed by atoms with Crippen molar-refractivity contribution in [3.63, 3.8) is 0 Å². The summed E-state index contributed by atoms with van der Waals surface area (Å²) < 4.78 is 1.82. The lowest BCUT2D eigenvalue weighted by molar-refractivity contribution is -0.138. The third-order valence-corrected chi connectivity index (χ3v) is 7.15. The average Bonchev–Trinajstić information content (AvgIpc) is 3.15. The largest absolute Gasteiger partial charge is 0.342 e. The molecule has 2 saturated heterocycles. The molecule has 1 amide bonds. The van der Waals surface area contributed by atoms with Gasteiger partial charge in [0.25, 0.3) is 0 Å². The zero-order chi connectivity index (χ0) is 22.1. The Balaban J connectivity index is 1.17. The van der Waals surface area contributed by atoms with Crippen molar-refractivity contribution in [2.75, 3.05) is 26.2 Å². The number of benzene rings is 1. The summed E-state index contributed by atoms with van der Waals surface area (Å²) in [4.78, 5) is 37.1. The van der Waals surface area contributed by atoms with Gasteiger partial charge in [-0.1, -0.05) is 11.6 Å². The smallest absolute Gasteiger partial charge is 0.326 e. The van der Waals surface area contributed by atoms with Crippen LogP contribution in [0.25, 0.3) is 11.0 Å². The quantitative estimate of drug-likeness (QED) is 0.656. The van der Waals surface area contributed by atoms with Crippen molar-refractivity contribution in [1.82, 2.24) is 24.3 Å². The number of rotatable bonds is 4. The Labute approximate surface area is 192 Å². The van der Waals surface area contributed by atoms with Gasteiger partial charge >= 0.3 is 5.69 Å². The number of likely N-dealkylation sites (tertiary alicyclic amines) is 2. The van der Waals surface area contributed by atoms with E-state index in [9.17, 15) is 9.59 Å². The van der Waals surface area contributed by atoms with Gasteiger partial charge < -0.3 is 9.88 Å². The van der Waals surface area contributed by atoms with Gasteiger partial charge in [-0.15, -0.1) is 0 Å². The summed E-state index contributed by atoms with van der Waals surface area (Å²) in [6.07, 6.45) is 7.04. The van der Waals surface area contributed by atoms with Crippen LogP contribution in [0.1, 0.15) is 37.3 Å². The van der Waals surface area contributed by atoms with Crippen LogP contribution >= 0.6 is 11.6 Å². The molecule has 0 radical (unpaired) electrons. The Morgan fingerprint density at radius 2 is 1.75 bits per heavy atom. The van der Waals surface area contributed by atoms with Gasteiger partial charge in [0.2, 0.25) is 5.91 Å². The van der Waals surface area contributed by atoms with Crippen LogP contribution in [0.15, 0.2) is 47.5 Å². The number of pyridine rings is 1. The van der Waals surface area contributed by atoms with Gasteiger partial charge in [-0.3, -0.25) is 19.2 Å². The molecular formula is C24H28ClN5O2. The molecule has 0 aliphatic carbocycles. The second-order valence-electron chi connectivity index (χ2n) is 8.92. The molecule has 2 aliphatic heterocycles. The maximum Gasteiger partial charge on any atom is 0.326 e. The van der Waals surface area contributed by atoms with E-state index in [4.69, 9.17) is 11.6 Å². The second kappa shape index (κ2) is 9.08. The van der Waals surface area contributed by atoms with E-state index in [0.717, 1.165) is 56.4 Å². The highest BCUT2D eigenvalue weighted by Crippen LogP contribution is 2.28. The number of nitrogens with one attached hydrogen (secondary N) is 1. The molecule has 5 rings (SSSR count). The van der Waals surface area contributed by atoms with E-state index in [1.165, 1.54) is 5.56 Å². The minimum Gasteiger partial charge on any atom is -0.342 e. The lowest BCUT2D eigenvalue weighted by Crippen LogP contribution is -2.46. The number of piperidine rings is 2. The molecule has 4 heterocycles. The summed E-state index contributed by atoms with van der Waals surface area (Å²) >= 11 is 6.16. The van der Waals surface area contributed by atoms with Crippen molar-refractivity contribution >= 4 is 28.5 Å². The molecular weight excluding hydrogens is 426 g/mol. The second-order valence-corrected chi connectivity index (χ2v) is 9.36. The Morgan fingerprint density at radius 3 is 2.47 bits per heavy atom. The molecule has 32 heavy (non-hydrogen) atoms. The van der Waals surface area contributed by atoms with Gasteiger partial charge in [0.05, 0.1) is 11.0 Å². The van der Waals surface area contributed by atoms with Crippen molar-refractivity contribution in [3.05, 3.63) is 63.8 Å². The number of imidazole rings is 1. The molecule has 0 atom stereocenters. The van der Waals surface area contributed by atoms with Gasteiger partial charge in [0.15, 0.2) is 0 Å². The topological polar surface area (TPSA) is 74.2 Å². The van der Waals surface area contributed by atoms with Crippen LogP contribution in [0.4, 0.5) is 0 Å². The van der Waals surface area contributed by atoms with E-state index < -0.39 is 0 Å². The molecule has 1 aromatic carbocycles. The zero-order valence-corrected chi connectivity index (χ0v) is 18.8. The maximum atomic E-state index is 13.1. The Bertz CT molecular complexity index is 1140. The Morgan fingerprint density at radius 1 is 1.03 bits per heavy atom. The van der Waals surface area contributed by atoms with Crippen molar-refractivity contribution in [2.24, 2.45) is 5.92 Å². The van der Waals surface area contributed by atoms with E-state index in [2.05, 4.69) is 14.9 Å². The predicted octanol–water partition coefficient (Wildman–Crippen LogP) is 3.45. The molecule has 2 fully saturated rings. The highest BCUT2D eigenvalue weighted by Gasteiger charge is 2.32. The number of aromatic nitrogens is 3. The molecule has 0 saturated carbocycles. The summed E-state index contributed by atoms with van der Waals surface area (Å²) in [6.45, 7) is 4.19. The molecule has 1 N–H and O–H groups in total.